The zero-order chi connectivity index (χ0) is 16.4. The molecule has 9 heteroatoms. The molecule has 0 saturated carbocycles. The first-order chi connectivity index (χ1) is 10.9. The standard InChI is InChI=1S/C14H18N4O3S2/c1-23(20,21)16-6-13-8-17(7-12-5-15-10-18(12)13)14(19)4-11-2-3-22-9-11/h2-3,5,9-10,13,16H,4,6-8H2,1H3. The highest BCUT2D eigenvalue weighted by atomic mass is 32.2. The molecule has 1 amide bonds. The topological polar surface area (TPSA) is 84.3 Å². The molecule has 0 saturated heterocycles. The van der Waals surface area contributed by atoms with Gasteiger partial charge >= 0.3 is 0 Å². The summed E-state index contributed by atoms with van der Waals surface area (Å²) in [5.74, 6) is 0.0419. The quantitative estimate of drug-likeness (QED) is 0.853. The molecule has 1 atom stereocenters. The molecule has 0 spiro atoms. The first kappa shape index (κ1) is 16.2. The molecule has 3 rings (SSSR count). The van der Waals surface area contributed by atoms with E-state index >= 15 is 0 Å². The van der Waals surface area contributed by atoms with Gasteiger partial charge in [-0.05, 0) is 22.4 Å². The molecule has 0 radical (unpaired) electrons. The van der Waals surface area contributed by atoms with Gasteiger partial charge in [0.1, 0.15) is 0 Å². The Kier molecular flexibility index (Phi) is 4.51. The van der Waals surface area contributed by atoms with E-state index < -0.39 is 10.0 Å². The van der Waals surface area contributed by atoms with Gasteiger partial charge in [0, 0.05) is 19.3 Å². The Balaban J connectivity index is 1.73. The summed E-state index contributed by atoms with van der Waals surface area (Å²) >= 11 is 1.57. The van der Waals surface area contributed by atoms with Crippen LogP contribution in [0.4, 0.5) is 0 Å². The van der Waals surface area contributed by atoms with E-state index in [2.05, 4.69) is 9.71 Å². The first-order valence-corrected chi connectivity index (χ1v) is 10.00. The second kappa shape index (κ2) is 6.42. The lowest BCUT2D eigenvalue weighted by molar-refractivity contribution is -0.132. The third-order valence-electron chi connectivity index (χ3n) is 3.79. The number of hydrogen-bond acceptors (Lipinski definition) is 5. The number of thiophene rings is 1. The maximum absolute atomic E-state index is 12.5. The molecular formula is C14H18N4O3S2. The molecule has 2 aromatic rings. The number of fused-ring (bicyclic) bond motifs is 1. The summed E-state index contributed by atoms with van der Waals surface area (Å²) in [5.41, 5.74) is 1.92. The highest BCUT2D eigenvalue weighted by Crippen LogP contribution is 2.21. The van der Waals surface area contributed by atoms with E-state index in [0.29, 0.717) is 19.5 Å². The highest BCUT2D eigenvalue weighted by Gasteiger charge is 2.28. The first-order valence-electron chi connectivity index (χ1n) is 7.16. The van der Waals surface area contributed by atoms with Crippen molar-refractivity contribution in [2.24, 2.45) is 0 Å². The molecule has 0 aliphatic carbocycles. The van der Waals surface area contributed by atoms with Gasteiger partial charge in [-0.3, -0.25) is 4.79 Å². The molecule has 0 bridgehead atoms. The van der Waals surface area contributed by atoms with Gasteiger partial charge in [0.15, 0.2) is 0 Å². The number of nitrogens with one attached hydrogen (secondary N) is 1. The van der Waals surface area contributed by atoms with Gasteiger partial charge < -0.3 is 9.47 Å². The van der Waals surface area contributed by atoms with Gasteiger partial charge in [0.25, 0.3) is 0 Å². The molecule has 1 N–H and O–H groups in total. The lowest BCUT2D eigenvalue weighted by Gasteiger charge is -2.34. The number of nitrogens with zero attached hydrogens (tertiary/aromatic N) is 3. The van der Waals surface area contributed by atoms with Crippen molar-refractivity contribution < 1.29 is 13.2 Å². The summed E-state index contributed by atoms with van der Waals surface area (Å²) in [7, 11) is -3.27. The molecule has 2 aromatic heterocycles. The maximum Gasteiger partial charge on any atom is 0.227 e. The number of sulfonamides is 1. The van der Waals surface area contributed by atoms with Crippen LogP contribution in [-0.2, 0) is 27.8 Å². The predicted molar refractivity (Wildman–Crippen MR) is 87.6 cm³/mol. The molecule has 124 valence electrons. The second-order valence-corrected chi connectivity index (χ2v) is 8.26. The Hall–Kier alpha value is -1.71. The van der Waals surface area contributed by atoms with E-state index in [-0.39, 0.29) is 18.5 Å². The summed E-state index contributed by atoms with van der Waals surface area (Å²) in [6.45, 7) is 1.21. The van der Waals surface area contributed by atoms with Gasteiger partial charge in [-0.1, -0.05) is 0 Å². The Bertz CT molecular complexity index is 783. The highest BCUT2D eigenvalue weighted by molar-refractivity contribution is 7.88. The fraction of sp³-hybridized carbons (Fsp3) is 0.429. The number of aromatic nitrogens is 2. The summed E-state index contributed by atoms with van der Waals surface area (Å²) in [4.78, 5) is 18.4. The van der Waals surface area contributed by atoms with E-state index in [1.807, 2.05) is 21.4 Å². The lowest BCUT2D eigenvalue weighted by Crippen LogP contribution is -2.45. The second-order valence-electron chi connectivity index (χ2n) is 5.65. The van der Waals surface area contributed by atoms with Crippen molar-refractivity contribution in [1.82, 2.24) is 19.2 Å². The van der Waals surface area contributed by atoms with Crippen molar-refractivity contribution in [1.29, 1.82) is 0 Å². The minimum atomic E-state index is -3.27. The molecule has 1 aliphatic rings. The molecule has 1 unspecified atom stereocenters. The number of rotatable bonds is 5. The third-order valence-corrected chi connectivity index (χ3v) is 5.22. The minimum absolute atomic E-state index is 0.0419. The predicted octanol–water partition coefficient (Wildman–Crippen LogP) is 0.620. The van der Waals surface area contributed by atoms with E-state index in [9.17, 15) is 13.2 Å². The fourth-order valence-electron chi connectivity index (χ4n) is 2.67. The Labute approximate surface area is 139 Å². The van der Waals surface area contributed by atoms with Crippen molar-refractivity contribution in [3.8, 4) is 0 Å². The molecule has 23 heavy (non-hydrogen) atoms. The minimum Gasteiger partial charge on any atom is -0.334 e. The Morgan fingerprint density at radius 2 is 2.35 bits per heavy atom. The molecule has 1 aliphatic heterocycles. The van der Waals surface area contributed by atoms with Crippen LogP contribution in [0.3, 0.4) is 0 Å². The van der Waals surface area contributed by atoms with E-state index in [0.717, 1.165) is 17.5 Å². The van der Waals surface area contributed by atoms with Crippen LogP contribution in [0.5, 0.6) is 0 Å². The number of imidazole rings is 1. The van der Waals surface area contributed by atoms with Crippen molar-refractivity contribution in [3.63, 3.8) is 0 Å². The number of carbonyl (C=O) groups is 1. The van der Waals surface area contributed by atoms with Crippen molar-refractivity contribution in [2.45, 2.75) is 19.0 Å². The fourth-order valence-corrected chi connectivity index (χ4v) is 3.83. The zero-order valence-corrected chi connectivity index (χ0v) is 14.3. The number of hydrogen-bond donors (Lipinski definition) is 1. The summed E-state index contributed by atoms with van der Waals surface area (Å²) in [6.07, 6.45) is 4.90. The smallest absolute Gasteiger partial charge is 0.227 e. The van der Waals surface area contributed by atoms with Gasteiger partial charge in [0.05, 0.1) is 37.3 Å². The normalized spacial score (nSPS) is 18.0. The van der Waals surface area contributed by atoms with Crippen LogP contribution in [0.1, 0.15) is 17.3 Å². The SMILES string of the molecule is CS(=O)(=O)NCC1CN(C(=O)Cc2ccsc2)Cc2cncn21. The van der Waals surface area contributed by atoms with Crippen molar-refractivity contribution in [3.05, 3.63) is 40.6 Å². The van der Waals surface area contributed by atoms with Crippen LogP contribution in [0.15, 0.2) is 29.4 Å². The van der Waals surface area contributed by atoms with Crippen LogP contribution < -0.4 is 4.72 Å². The molecule has 7 nitrogen and oxygen atoms in total. The molecular weight excluding hydrogens is 336 g/mol. The Morgan fingerprint density at radius 3 is 3.04 bits per heavy atom. The monoisotopic (exact) mass is 354 g/mol. The van der Waals surface area contributed by atoms with Crippen LogP contribution in [-0.4, -0.2) is 48.1 Å². The largest absolute Gasteiger partial charge is 0.334 e. The summed E-state index contributed by atoms with van der Waals surface area (Å²) in [5, 5.41) is 3.92. The summed E-state index contributed by atoms with van der Waals surface area (Å²) < 4.78 is 27.1. The lowest BCUT2D eigenvalue weighted by atomic mass is 10.1. The molecule has 0 fully saturated rings. The van der Waals surface area contributed by atoms with Gasteiger partial charge in [-0.25, -0.2) is 18.1 Å². The summed E-state index contributed by atoms with van der Waals surface area (Å²) in [6, 6.07) is 1.79. The van der Waals surface area contributed by atoms with E-state index in [1.54, 1.807) is 28.8 Å². The Morgan fingerprint density at radius 1 is 1.52 bits per heavy atom. The van der Waals surface area contributed by atoms with Crippen LogP contribution in [0.25, 0.3) is 0 Å². The zero-order valence-electron chi connectivity index (χ0n) is 12.7. The average molecular weight is 354 g/mol. The van der Waals surface area contributed by atoms with Gasteiger partial charge in [-0.2, -0.15) is 11.3 Å². The van der Waals surface area contributed by atoms with Gasteiger partial charge in [0.2, 0.25) is 15.9 Å². The molecule has 0 aromatic carbocycles. The number of carbonyl (C=O) groups excluding carboxylic acids is 1. The number of amides is 1. The van der Waals surface area contributed by atoms with E-state index in [1.165, 1.54) is 0 Å². The van der Waals surface area contributed by atoms with Gasteiger partial charge in [-0.15, -0.1) is 0 Å². The maximum atomic E-state index is 12.5. The van der Waals surface area contributed by atoms with Crippen LogP contribution >= 0.6 is 11.3 Å². The average Bonchev–Trinajstić information content (AvgIpc) is 3.14. The van der Waals surface area contributed by atoms with Crippen LogP contribution in [0, 0.1) is 0 Å². The molecule has 3 heterocycles. The van der Waals surface area contributed by atoms with Crippen LogP contribution in [0.2, 0.25) is 0 Å². The third kappa shape index (κ3) is 3.98. The van der Waals surface area contributed by atoms with Crippen molar-refractivity contribution in [2.75, 3.05) is 19.3 Å². The van der Waals surface area contributed by atoms with E-state index in [4.69, 9.17) is 0 Å². The van der Waals surface area contributed by atoms with Crippen molar-refractivity contribution >= 4 is 27.3 Å².